The van der Waals surface area contributed by atoms with Gasteiger partial charge in [-0.05, 0) is 18.1 Å². The molecule has 2 aromatic carbocycles. The van der Waals surface area contributed by atoms with Crippen LogP contribution in [0.4, 0.5) is 0 Å². The molecule has 23 heavy (non-hydrogen) atoms. The maximum atomic E-state index is 12.2. The molecule has 0 aromatic heterocycles. The Morgan fingerprint density at radius 3 is 2.26 bits per heavy atom. The molecule has 0 radical (unpaired) electrons. The summed E-state index contributed by atoms with van der Waals surface area (Å²) in [5.74, 6) is -0.238. The predicted octanol–water partition coefficient (Wildman–Crippen LogP) is 2.88. The minimum Gasteiger partial charge on any atom is -0.352 e. The number of carbonyl (C=O) groups excluding carboxylic acids is 2. The molecule has 0 saturated carbocycles. The molecule has 0 aliphatic carbocycles. The molecule has 1 atom stereocenters. The molecule has 0 saturated heterocycles. The fourth-order valence-corrected chi connectivity index (χ4v) is 2.35. The number of nitrogens with one attached hydrogen (secondary N) is 2. The van der Waals surface area contributed by atoms with Gasteiger partial charge in [0.1, 0.15) is 0 Å². The minimum absolute atomic E-state index is 0.0896. The van der Waals surface area contributed by atoms with Crippen molar-refractivity contribution in [3.8, 4) is 0 Å². The first kappa shape index (κ1) is 16.7. The van der Waals surface area contributed by atoms with Crippen LogP contribution in [0.25, 0.3) is 0 Å². The molecule has 0 heterocycles. The van der Waals surface area contributed by atoms with Crippen LogP contribution in [0, 0.1) is 6.92 Å². The van der Waals surface area contributed by atoms with Crippen molar-refractivity contribution in [2.24, 2.45) is 0 Å². The number of amides is 2. The highest BCUT2D eigenvalue weighted by Gasteiger charge is 2.16. The maximum Gasteiger partial charge on any atom is 0.222 e. The minimum atomic E-state index is -0.313. The molecular formula is C19H22N2O2. The molecule has 0 aliphatic heterocycles. The molecule has 2 rings (SSSR count). The Bertz CT molecular complexity index is 651. The van der Waals surface area contributed by atoms with Crippen molar-refractivity contribution in [1.82, 2.24) is 10.6 Å². The third-order valence-electron chi connectivity index (χ3n) is 3.58. The van der Waals surface area contributed by atoms with Crippen LogP contribution in [0.15, 0.2) is 54.6 Å². The van der Waals surface area contributed by atoms with Gasteiger partial charge in [0.25, 0.3) is 0 Å². The van der Waals surface area contributed by atoms with E-state index in [1.54, 1.807) is 0 Å². The fraction of sp³-hybridized carbons (Fsp3) is 0.263. The van der Waals surface area contributed by atoms with E-state index < -0.39 is 0 Å². The summed E-state index contributed by atoms with van der Waals surface area (Å²) in [6.45, 7) is 3.97. The van der Waals surface area contributed by atoms with E-state index in [0.717, 1.165) is 11.1 Å². The highest BCUT2D eigenvalue weighted by molar-refractivity contribution is 5.79. The Balaban J connectivity index is 1.94. The first-order valence-corrected chi connectivity index (χ1v) is 7.69. The van der Waals surface area contributed by atoms with Gasteiger partial charge >= 0.3 is 0 Å². The number of carbonyl (C=O) groups is 2. The molecule has 2 N–H and O–H groups in total. The molecule has 0 unspecified atom stereocenters. The number of hydrogen-bond acceptors (Lipinski definition) is 2. The Morgan fingerprint density at radius 2 is 1.65 bits per heavy atom. The molecular weight excluding hydrogens is 288 g/mol. The molecule has 0 spiro atoms. The number of benzene rings is 2. The van der Waals surface area contributed by atoms with Crippen LogP contribution in [0.1, 0.15) is 36.1 Å². The second-order valence-corrected chi connectivity index (χ2v) is 5.63. The zero-order valence-electron chi connectivity index (χ0n) is 13.5. The second-order valence-electron chi connectivity index (χ2n) is 5.63. The van der Waals surface area contributed by atoms with Crippen molar-refractivity contribution < 1.29 is 9.59 Å². The lowest BCUT2D eigenvalue weighted by Crippen LogP contribution is -2.32. The van der Waals surface area contributed by atoms with E-state index in [4.69, 9.17) is 0 Å². The van der Waals surface area contributed by atoms with E-state index >= 15 is 0 Å². The zero-order chi connectivity index (χ0) is 16.7. The SMILES string of the molecule is CC(=O)N[C@H](CC(=O)NCc1ccc(C)cc1)c1ccccc1. The molecule has 4 heteroatoms. The fourth-order valence-electron chi connectivity index (χ4n) is 2.35. The topological polar surface area (TPSA) is 58.2 Å². The van der Waals surface area contributed by atoms with Gasteiger partial charge < -0.3 is 10.6 Å². The van der Waals surface area contributed by atoms with Crippen molar-refractivity contribution >= 4 is 11.8 Å². The number of aryl methyl sites for hydroxylation is 1. The van der Waals surface area contributed by atoms with Crippen LogP contribution in [0.2, 0.25) is 0 Å². The Labute approximate surface area is 136 Å². The van der Waals surface area contributed by atoms with Gasteiger partial charge in [0.05, 0.1) is 12.5 Å². The van der Waals surface area contributed by atoms with Crippen LogP contribution < -0.4 is 10.6 Å². The van der Waals surface area contributed by atoms with Crippen molar-refractivity contribution in [1.29, 1.82) is 0 Å². The van der Waals surface area contributed by atoms with E-state index in [9.17, 15) is 9.59 Å². The van der Waals surface area contributed by atoms with Crippen LogP contribution in [0.5, 0.6) is 0 Å². The molecule has 120 valence electrons. The third-order valence-corrected chi connectivity index (χ3v) is 3.58. The van der Waals surface area contributed by atoms with Crippen molar-refractivity contribution in [2.75, 3.05) is 0 Å². The van der Waals surface area contributed by atoms with Crippen LogP contribution in [-0.4, -0.2) is 11.8 Å². The summed E-state index contributed by atoms with van der Waals surface area (Å²) in [6.07, 6.45) is 0.218. The van der Waals surface area contributed by atoms with Gasteiger partial charge in [-0.1, -0.05) is 60.2 Å². The highest BCUT2D eigenvalue weighted by atomic mass is 16.2. The zero-order valence-corrected chi connectivity index (χ0v) is 13.5. The number of hydrogen-bond donors (Lipinski definition) is 2. The smallest absolute Gasteiger partial charge is 0.222 e. The van der Waals surface area contributed by atoms with Gasteiger partial charge in [-0.2, -0.15) is 0 Å². The molecule has 2 aromatic rings. The van der Waals surface area contributed by atoms with Gasteiger partial charge in [-0.25, -0.2) is 0 Å². The summed E-state index contributed by atoms with van der Waals surface area (Å²) in [6, 6.07) is 17.2. The maximum absolute atomic E-state index is 12.2. The Kier molecular flexibility index (Phi) is 5.92. The van der Waals surface area contributed by atoms with Gasteiger partial charge in [0.2, 0.25) is 11.8 Å². The third kappa shape index (κ3) is 5.58. The second kappa shape index (κ2) is 8.13. The van der Waals surface area contributed by atoms with Crippen LogP contribution in [-0.2, 0) is 16.1 Å². The Hall–Kier alpha value is -2.62. The lowest BCUT2D eigenvalue weighted by Gasteiger charge is -2.18. The molecule has 0 aliphatic rings. The predicted molar refractivity (Wildman–Crippen MR) is 90.6 cm³/mol. The summed E-state index contributed by atoms with van der Waals surface area (Å²) in [5.41, 5.74) is 3.17. The largest absolute Gasteiger partial charge is 0.352 e. The van der Waals surface area contributed by atoms with Crippen molar-refractivity contribution in [3.63, 3.8) is 0 Å². The lowest BCUT2D eigenvalue weighted by molar-refractivity contribution is -0.122. The van der Waals surface area contributed by atoms with E-state index in [2.05, 4.69) is 10.6 Å². The highest BCUT2D eigenvalue weighted by Crippen LogP contribution is 2.16. The number of rotatable bonds is 6. The lowest BCUT2D eigenvalue weighted by atomic mass is 10.0. The van der Waals surface area contributed by atoms with Crippen LogP contribution in [0.3, 0.4) is 0 Å². The van der Waals surface area contributed by atoms with Crippen molar-refractivity contribution in [2.45, 2.75) is 32.9 Å². The van der Waals surface area contributed by atoms with Crippen molar-refractivity contribution in [3.05, 3.63) is 71.3 Å². The van der Waals surface area contributed by atoms with E-state index in [1.807, 2.05) is 61.5 Å². The summed E-state index contributed by atoms with van der Waals surface area (Å²) < 4.78 is 0. The summed E-state index contributed by atoms with van der Waals surface area (Å²) in [5, 5.41) is 5.73. The quantitative estimate of drug-likeness (QED) is 0.862. The molecule has 0 bridgehead atoms. The van der Waals surface area contributed by atoms with E-state index in [-0.39, 0.29) is 24.3 Å². The molecule has 4 nitrogen and oxygen atoms in total. The summed E-state index contributed by atoms with van der Waals surface area (Å²) in [4.78, 5) is 23.6. The Morgan fingerprint density at radius 1 is 1.00 bits per heavy atom. The monoisotopic (exact) mass is 310 g/mol. The van der Waals surface area contributed by atoms with Gasteiger partial charge in [-0.15, -0.1) is 0 Å². The normalized spacial score (nSPS) is 11.6. The molecule has 0 fully saturated rings. The van der Waals surface area contributed by atoms with Crippen LogP contribution >= 0.6 is 0 Å². The summed E-state index contributed by atoms with van der Waals surface area (Å²) >= 11 is 0. The first-order valence-electron chi connectivity index (χ1n) is 7.69. The first-order chi connectivity index (χ1) is 11.0. The van der Waals surface area contributed by atoms with E-state index in [1.165, 1.54) is 12.5 Å². The van der Waals surface area contributed by atoms with Gasteiger partial charge in [0, 0.05) is 13.5 Å². The average molecular weight is 310 g/mol. The average Bonchev–Trinajstić information content (AvgIpc) is 2.54. The molecule has 2 amide bonds. The van der Waals surface area contributed by atoms with Gasteiger partial charge in [0.15, 0.2) is 0 Å². The summed E-state index contributed by atoms with van der Waals surface area (Å²) in [7, 11) is 0. The van der Waals surface area contributed by atoms with Gasteiger partial charge in [-0.3, -0.25) is 9.59 Å². The van der Waals surface area contributed by atoms with E-state index in [0.29, 0.717) is 6.54 Å². The standard InChI is InChI=1S/C19H22N2O2/c1-14-8-10-16(11-9-14)13-20-19(23)12-18(21-15(2)22)17-6-4-3-5-7-17/h3-11,18H,12-13H2,1-2H3,(H,20,23)(H,21,22)/t18-/m1/s1.